The quantitative estimate of drug-likeness (QED) is 0.293. The molecule has 34 heavy (non-hydrogen) atoms. The minimum absolute atomic E-state index is 0.0587. The van der Waals surface area contributed by atoms with E-state index in [1.165, 1.54) is 0 Å². The fourth-order valence-corrected chi connectivity index (χ4v) is 4.75. The van der Waals surface area contributed by atoms with Crippen molar-refractivity contribution in [1.82, 2.24) is 0 Å². The molecule has 0 radical (unpaired) electrons. The molecule has 2 aromatic rings. The summed E-state index contributed by atoms with van der Waals surface area (Å²) >= 11 is 0. The van der Waals surface area contributed by atoms with E-state index >= 15 is 0 Å². The van der Waals surface area contributed by atoms with Gasteiger partial charge in [-0.1, -0.05) is 67.6 Å². The zero-order valence-electron chi connectivity index (χ0n) is 19.9. The van der Waals surface area contributed by atoms with Gasteiger partial charge in [-0.3, -0.25) is 0 Å². The van der Waals surface area contributed by atoms with Crippen molar-refractivity contribution >= 4 is 5.57 Å². The smallest absolute Gasteiger partial charge is 0.161 e. The first-order valence-electron chi connectivity index (χ1n) is 12.3. The van der Waals surface area contributed by atoms with Crippen molar-refractivity contribution in [2.75, 3.05) is 6.61 Å². The Morgan fingerprint density at radius 2 is 1.74 bits per heavy atom. The Labute approximate surface area is 201 Å². The van der Waals surface area contributed by atoms with Gasteiger partial charge in [0.2, 0.25) is 0 Å². The second-order valence-electron chi connectivity index (χ2n) is 9.45. The van der Waals surface area contributed by atoms with Gasteiger partial charge in [0, 0.05) is 12.2 Å². The third kappa shape index (κ3) is 5.55. The Balaban J connectivity index is 1.47. The maximum absolute atomic E-state index is 14.9. The van der Waals surface area contributed by atoms with Gasteiger partial charge in [-0.2, -0.15) is 0 Å². The number of allylic oxidation sites excluding steroid dienone is 6. The van der Waals surface area contributed by atoms with Crippen LogP contribution < -0.4 is 0 Å². The fourth-order valence-electron chi connectivity index (χ4n) is 4.75. The highest BCUT2D eigenvalue weighted by atomic mass is 19.2. The van der Waals surface area contributed by atoms with Gasteiger partial charge in [-0.05, 0) is 78.8 Å². The van der Waals surface area contributed by atoms with Crippen molar-refractivity contribution in [1.29, 1.82) is 0 Å². The lowest BCUT2D eigenvalue weighted by Gasteiger charge is -2.27. The summed E-state index contributed by atoms with van der Waals surface area (Å²) in [7, 11) is 0. The molecule has 4 rings (SSSR count). The number of ether oxygens (including phenoxy) is 1. The van der Waals surface area contributed by atoms with Crippen LogP contribution in [0.1, 0.15) is 63.2 Å². The van der Waals surface area contributed by atoms with E-state index in [0.717, 1.165) is 31.2 Å². The molecule has 0 saturated carbocycles. The molecule has 0 bridgehead atoms. The van der Waals surface area contributed by atoms with Gasteiger partial charge in [-0.25, -0.2) is 13.2 Å². The summed E-state index contributed by atoms with van der Waals surface area (Å²) in [5.41, 5.74) is 3.51. The summed E-state index contributed by atoms with van der Waals surface area (Å²) in [6.07, 6.45) is 8.21. The predicted molar refractivity (Wildman–Crippen MR) is 133 cm³/mol. The molecule has 1 aliphatic carbocycles. The number of halogens is 3. The fraction of sp³-hybridized carbons (Fsp3) is 0.400. The standard InChI is InChI=1S/C30H33F3O/c1-3-4-5-6-7-23-13-16-26(30(33)29(23)32)22-11-9-21(10-12-22)25-15-14-24(18-27(25)31)28-17-8-20(2)19-34-28/h3-4,9-16,18,20,28-30H,5-8,17,19H2,1-2H3/b4-3-. The lowest BCUT2D eigenvalue weighted by atomic mass is 9.87. The third-order valence-electron chi connectivity index (χ3n) is 6.85. The van der Waals surface area contributed by atoms with Crippen LogP contribution in [0.4, 0.5) is 13.2 Å². The van der Waals surface area contributed by atoms with E-state index in [1.807, 2.05) is 25.1 Å². The average molecular weight is 467 g/mol. The number of rotatable bonds is 7. The van der Waals surface area contributed by atoms with Crippen LogP contribution in [0.5, 0.6) is 0 Å². The van der Waals surface area contributed by atoms with Gasteiger partial charge in [0.05, 0.1) is 6.10 Å². The van der Waals surface area contributed by atoms with Gasteiger partial charge in [0.15, 0.2) is 12.3 Å². The van der Waals surface area contributed by atoms with E-state index in [-0.39, 0.29) is 11.9 Å². The number of benzene rings is 2. The Hall–Kier alpha value is -2.59. The van der Waals surface area contributed by atoms with Crippen LogP contribution in [0.2, 0.25) is 0 Å². The zero-order valence-corrected chi connectivity index (χ0v) is 19.9. The molecule has 1 saturated heterocycles. The first-order valence-corrected chi connectivity index (χ1v) is 12.3. The number of unbranched alkanes of at least 4 members (excludes halogenated alkanes) is 1. The largest absolute Gasteiger partial charge is 0.373 e. The summed E-state index contributed by atoms with van der Waals surface area (Å²) in [6.45, 7) is 4.81. The van der Waals surface area contributed by atoms with Crippen LogP contribution >= 0.6 is 0 Å². The van der Waals surface area contributed by atoms with Crippen molar-refractivity contribution in [3.05, 3.63) is 89.3 Å². The molecule has 4 atom stereocenters. The minimum atomic E-state index is -1.69. The maximum Gasteiger partial charge on any atom is 0.161 e. The van der Waals surface area contributed by atoms with Crippen LogP contribution in [0, 0.1) is 11.7 Å². The van der Waals surface area contributed by atoms with Gasteiger partial charge in [-0.15, -0.1) is 0 Å². The summed E-state index contributed by atoms with van der Waals surface area (Å²) in [5.74, 6) is 0.238. The van der Waals surface area contributed by atoms with Crippen molar-refractivity contribution in [3.8, 4) is 11.1 Å². The molecule has 1 fully saturated rings. The zero-order chi connectivity index (χ0) is 24.1. The average Bonchev–Trinajstić information content (AvgIpc) is 2.85. The van der Waals surface area contributed by atoms with Crippen molar-refractivity contribution in [2.24, 2.45) is 5.92 Å². The SMILES string of the molecule is C/C=C\CCCC1=CC=C(c2ccc(-c3ccc(C4CCC(C)CO4)cc3F)cc2)C(F)C1F. The topological polar surface area (TPSA) is 9.23 Å². The van der Waals surface area contributed by atoms with E-state index in [9.17, 15) is 13.2 Å². The highest BCUT2D eigenvalue weighted by Crippen LogP contribution is 2.36. The lowest BCUT2D eigenvalue weighted by Crippen LogP contribution is -2.24. The summed E-state index contributed by atoms with van der Waals surface area (Å²) in [4.78, 5) is 0. The minimum Gasteiger partial charge on any atom is -0.373 e. The van der Waals surface area contributed by atoms with Gasteiger partial charge >= 0.3 is 0 Å². The van der Waals surface area contributed by atoms with Gasteiger partial charge < -0.3 is 4.74 Å². The Morgan fingerprint density at radius 1 is 0.971 bits per heavy atom. The number of hydrogen-bond acceptors (Lipinski definition) is 1. The van der Waals surface area contributed by atoms with E-state index in [1.54, 1.807) is 48.6 Å². The molecule has 0 amide bonds. The van der Waals surface area contributed by atoms with Crippen LogP contribution in [0.15, 0.2) is 72.3 Å². The molecule has 1 nitrogen and oxygen atoms in total. The van der Waals surface area contributed by atoms with E-state index in [2.05, 4.69) is 6.92 Å². The molecule has 1 heterocycles. The molecule has 4 heteroatoms. The maximum atomic E-state index is 14.9. The van der Waals surface area contributed by atoms with Crippen LogP contribution in [-0.2, 0) is 4.74 Å². The first-order chi connectivity index (χ1) is 16.5. The van der Waals surface area contributed by atoms with Crippen LogP contribution in [-0.4, -0.2) is 19.0 Å². The van der Waals surface area contributed by atoms with Crippen molar-refractivity contribution in [3.63, 3.8) is 0 Å². The first kappa shape index (κ1) is 24.5. The highest BCUT2D eigenvalue weighted by Gasteiger charge is 2.31. The summed E-state index contributed by atoms with van der Waals surface area (Å²) in [6, 6.07) is 12.3. The molecule has 180 valence electrons. The second kappa shape index (κ2) is 11.2. The Morgan fingerprint density at radius 3 is 2.41 bits per heavy atom. The lowest BCUT2D eigenvalue weighted by molar-refractivity contribution is -0.0125. The normalized spacial score (nSPS) is 25.3. The van der Waals surface area contributed by atoms with Gasteiger partial charge in [0.25, 0.3) is 0 Å². The molecular formula is C30H33F3O. The predicted octanol–water partition coefficient (Wildman–Crippen LogP) is 8.73. The van der Waals surface area contributed by atoms with E-state index in [4.69, 9.17) is 4.74 Å². The Bertz CT molecular complexity index is 1060. The second-order valence-corrected chi connectivity index (χ2v) is 9.45. The van der Waals surface area contributed by atoms with E-state index < -0.39 is 12.3 Å². The molecule has 2 aliphatic rings. The highest BCUT2D eigenvalue weighted by molar-refractivity contribution is 5.75. The molecule has 0 aromatic heterocycles. The van der Waals surface area contributed by atoms with Gasteiger partial charge in [0.1, 0.15) is 5.82 Å². The molecule has 4 unspecified atom stereocenters. The molecule has 2 aromatic carbocycles. The molecule has 0 N–H and O–H groups in total. The van der Waals surface area contributed by atoms with Crippen LogP contribution in [0.3, 0.4) is 0 Å². The molecule has 1 aliphatic heterocycles. The number of hydrogen-bond donors (Lipinski definition) is 0. The summed E-state index contributed by atoms with van der Waals surface area (Å²) < 4.78 is 50.5. The molecular weight excluding hydrogens is 433 g/mol. The van der Waals surface area contributed by atoms with E-state index in [0.29, 0.717) is 46.8 Å². The number of alkyl halides is 2. The summed E-state index contributed by atoms with van der Waals surface area (Å²) in [5, 5.41) is 0. The van der Waals surface area contributed by atoms with Crippen LogP contribution in [0.25, 0.3) is 16.7 Å². The monoisotopic (exact) mass is 466 g/mol. The molecule has 0 spiro atoms. The van der Waals surface area contributed by atoms with Crippen molar-refractivity contribution < 1.29 is 17.9 Å². The van der Waals surface area contributed by atoms with Crippen molar-refractivity contribution in [2.45, 2.75) is 64.4 Å². The Kier molecular flexibility index (Phi) is 8.10. The third-order valence-corrected chi connectivity index (χ3v) is 6.85.